The zero-order chi connectivity index (χ0) is 21.1. The number of hydrogen-bond acceptors (Lipinski definition) is 7. The number of nitriles is 1. The van der Waals surface area contributed by atoms with E-state index in [1.165, 1.54) is 0 Å². The molecule has 0 unspecified atom stereocenters. The summed E-state index contributed by atoms with van der Waals surface area (Å²) in [6.45, 7) is 10.3. The molecule has 8 heteroatoms. The molecular weight excluding hydrogens is 418 g/mol. The molecule has 2 aliphatic rings. The van der Waals surface area contributed by atoms with Gasteiger partial charge in [0.15, 0.2) is 5.75 Å². The van der Waals surface area contributed by atoms with Crippen LogP contribution in [-0.4, -0.2) is 61.5 Å². The number of benzene rings is 1. The van der Waals surface area contributed by atoms with E-state index in [1.54, 1.807) is 11.8 Å². The molecule has 0 amide bonds. The smallest absolute Gasteiger partial charge is 0.165 e. The van der Waals surface area contributed by atoms with Gasteiger partial charge in [0.2, 0.25) is 0 Å². The third-order valence-corrected chi connectivity index (χ3v) is 6.65. The number of piperazine rings is 1. The van der Waals surface area contributed by atoms with E-state index in [0.29, 0.717) is 12.2 Å². The van der Waals surface area contributed by atoms with Gasteiger partial charge in [-0.3, -0.25) is 4.90 Å². The van der Waals surface area contributed by atoms with Gasteiger partial charge in [0.1, 0.15) is 17.7 Å². The normalized spacial score (nSPS) is 16.4. The Hall–Kier alpha value is -2.14. The number of anilines is 2. The summed E-state index contributed by atoms with van der Waals surface area (Å²) in [5.74, 6) is 1.84. The number of nitrogens with one attached hydrogen (secondary N) is 1. The maximum absolute atomic E-state index is 9.44. The van der Waals surface area contributed by atoms with Gasteiger partial charge in [0.25, 0.3) is 0 Å². The zero-order valence-corrected chi connectivity index (χ0v) is 18.9. The molecule has 1 aromatic heterocycles. The van der Waals surface area contributed by atoms with E-state index in [0.717, 1.165) is 83.5 Å². The first-order chi connectivity index (χ1) is 14.5. The maximum Gasteiger partial charge on any atom is 0.165 e. The summed E-state index contributed by atoms with van der Waals surface area (Å²) >= 11 is 8.02. The second-order valence-corrected chi connectivity index (χ2v) is 9.15. The Kier molecular flexibility index (Phi) is 6.57. The van der Waals surface area contributed by atoms with Crippen molar-refractivity contribution in [2.24, 2.45) is 0 Å². The van der Waals surface area contributed by atoms with Gasteiger partial charge in [-0.15, -0.1) is 11.8 Å². The van der Waals surface area contributed by atoms with Gasteiger partial charge < -0.3 is 15.0 Å². The van der Waals surface area contributed by atoms with Crippen LogP contribution in [-0.2, 0) is 0 Å². The zero-order valence-electron chi connectivity index (χ0n) is 17.4. The molecule has 1 aromatic carbocycles. The number of hydrogen-bond donors (Lipinski definition) is 1. The van der Waals surface area contributed by atoms with Crippen molar-refractivity contribution in [3.8, 4) is 11.8 Å². The average molecular weight is 444 g/mol. The van der Waals surface area contributed by atoms with Crippen LogP contribution in [0.5, 0.6) is 5.75 Å². The van der Waals surface area contributed by atoms with Crippen LogP contribution in [0.2, 0.25) is 5.02 Å². The number of rotatable bonds is 5. The monoisotopic (exact) mass is 443 g/mol. The summed E-state index contributed by atoms with van der Waals surface area (Å²) in [7, 11) is 0. The van der Waals surface area contributed by atoms with E-state index in [9.17, 15) is 5.26 Å². The van der Waals surface area contributed by atoms with Crippen LogP contribution in [0.1, 0.15) is 16.8 Å². The van der Waals surface area contributed by atoms with E-state index in [2.05, 4.69) is 26.2 Å². The number of ether oxygens (including phenoxy) is 1. The van der Waals surface area contributed by atoms with E-state index < -0.39 is 0 Å². The molecule has 2 aliphatic heterocycles. The molecule has 0 bridgehead atoms. The van der Waals surface area contributed by atoms with Crippen molar-refractivity contribution in [3.05, 3.63) is 40.0 Å². The molecule has 0 atom stereocenters. The first-order valence-electron chi connectivity index (χ1n) is 10.2. The molecule has 4 rings (SSSR count). The Morgan fingerprint density at radius 3 is 2.80 bits per heavy atom. The Morgan fingerprint density at radius 2 is 2.03 bits per heavy atom. The second kappa shape index (κ2) is 9.34. The number of halogens is 1. The summed E-state index contributed by atoms with van der Waals surface area (Å²) in [4.78, 5) is 9.40. The van der Waals surface area contributed by atoms with Crippen molar-refractivity contribution in [2.75, 3.05) is 61.8 Å². The largest absolute Gasteiger partial charge is 0.487 e. The molecule has 2 aromatic rings. The van der Waals surface area contributed by atoms with Crippen LogP contribution < -0.4 is 15.0 Å². The molecule has 0 radical (unpaired) electrons. The van der Waals surface area contributed by atoms with E-state index in [-0.39, 0.29) is 0 Å². The summed E-state index contributed by atoms with van der Waals surface area (Å²) in [5, 5.41) is 14.4. The summed E-state index contributed by atoms with van der Waals surface area (Å²) in [6.07, 6.45) is 0. The molecule has 0 spiro atoms. The minimum Gasteiger partial charge on any atom is -0.487 e. The quantitative estimate of drug-likeness (QED) is 0.702. The van der Waals surface area contributed by atoms with E-state index >= 15 is 0 Å². The minimum atomic E-state index is 0.677. The lowest BCUT2D eigenvalue weighted by atomic mass is 10.1. The van der Waals surface area contributed by atoms with Gasteiger partial charge in [-0.1, -0.05) is 11.6 Å². The average Bonchev–Trinajstić information content (AvgIpc) is 2.73. The first kappa shape index (κ1) is 21.1. The standard InChI is InChI=1S/C22H26ClN5OS/c1-15-11-16(2)26-22(18(15)14-24)30-10-8-27-4-6-28(7-5-27)20-13-17(23)12-19-21(20)29-9-3-25-19/h11-13,25H,3-10H2,1-2H3. The van der Waals surface area contributed by atoms with Crippen molar-refractivity contribution >= 4 is 34.7 Å². The Bertz CT molecular complexity index is 969. The molecule has 0 saturated carbocycles. The Labute approximate surface area is 187 Å². The van der Waals surface area contributed by atoms with Crippen LogP contribution in [0.15, 0.2) is 23.2 Å². The van der Waals surface area contributed by atoms with Gasteiger partial charge in [-0.25, -0.2) is 4.98 Å². The van der Waals surface area contributed by atoms with Gasteiger partial charge in [-0.05, 0) is 37.6 Å². The number of fused-ring (bicyclic) bond motifs is 1. The summed E-state index contributed by atoms with van der Waals surface area (Å²) in [6, 6.07) is 8.21. The molecule has 0 aliphatic carbocycles. The summed E-state index contributed by atoms with van der Waals surface area (Å²) < 4.78 is 5.93. The lowest BCUT2D eigenvalue weighted by Gasteiger charge is -2.37. The molecule has 6 nitrogen and oxygen atoms in total. The van der Waals surface area contributed by atoms with Crippen molar-refractivity contribution in [1.29, 1.82) is 5.26 Å². The molecule has 1 saturated heterocycles. The van der Waals surface area contributed by atoms with Crippen LogP contribution >= 0.6 is 23.4 Å². The Morgan fingerprint density at radius 1 is 1.23 bits per heavy atom. The van der Waals surface area contributed by atoms with E-state index in [4.69, 9.17) is 16.3 Å². The number of aromatic nitrogens is 1. The fourth-order valence-corrected chi connectivity index (χ4v) is 5.28. The number of nitrogens with zero attached hydrogens (tertiary/aromatic N) is 4. The topological polar surface area (TPSA) is 64.4 Å². The number of pyridine rings is 1. The molecule has 30 heavy (non-hydrogen) atoms. The highest BCUT2D eigenvalue weighted by Crippen LogP contribution is 2.40. The maximum atomic E-state index is 9.44. The molecule has 3 heterocycles. The second-order valence-electron chi connectivity index (χ2n) is 7.63. The SMILES string of the molecule is Cc1cc(C)c(C#N)c(SCCN2CCN(c3cc(Cl)cc4c3OCCN4)CC2)n1. The fraction of sp³-hybridized carbons (Fsp3) is 0.455. The highest BCUT2D eigenvalue weighted by Gasteiger charge is 2.24. The molecule has 158 valence electrons. The van der Waals surface area contributed by atoms with Crippen molar-refractivity contribution in [3.63, 3.8) is 0 Å². The van der Waals surface area contributed by atoms with Crippen LogP contribution in [0.3, 0.4) is 0 Å². The molecule has 1 N–H and O–H groups in total. The predicted molar refractivity (Wildman–Crippen MR) is 123 cm³/mol. The predicted octanol–water partition coefficient (Wildman–Crippen LogP) is 3.94. The first-order valence-corrected chi connectivity index (χ1v) is 11.6. The highest BCUT2D eigenvalue weighted by molar-refractivity contribution is 7.99. The molecule has 1 fully saturated rings. The van der Waals surface area contributed by atoms with Crippen LogP contribution in [0, 0.1) is 25.2 Å². The Balaban J connectivity index is 1.33. The van der Waals surface area contributed by atoms with Gasteiger partial charge in [-0.2, -0.15) is 5.26 Å². The highest BCUT2D eigenvalue weighted by atomic mass is 35.5. The van der Waals surface area contributed by atoms with E-state index in [1.807, 2.05) is 32.0 Å². The van der Waals surface area contributed by atoms with Gasteiger partial charge in [0.05, 0.1) is 16.9 Å². The van der Waals surface area contributed by atoms with Crippen LogP contribution in [0.4, 0.5) is 11.4 Å². The number of aryl methyl sites for hydroxylation is 2. The number of thioether (sulfide) groups is 1. The lowest BCUT2D eigenvalue weighted by molar-refractivity contribution is 0.270. The van der Waals surface area contributed by atoms with Gasteiger partial charge >= 0.3 is 0 Å². The third-order valence-electron chi connectivity index (χ3n) is 5.48. The minimum absolute atomic E-state index is 0.677. The lowest BCUT2D eigenvalue weighted by Crippen LogP contribution is -2.47. The fourth-order valence-electron chi connectivity index (χ4n) is 3.96. The van der Waals surface area contributed by atoms with Crippen molar-refractivity contribution < 1.29 is 4.74 Å². The molecular formula is C22H26ClN5OS. The third kappa shape index (κ3) is 4.61. The van der Waals surface area contributed by atoms with Crippen molar-refractivity contribution in [2.45, 2.75) is 18.9 Å². The van der Waals surface area contributed by atoms with Crippen molar-refractivity contribution in [1.82, 2.24) is 9.88 Å². The van der Waals surface area contributed by atoms with Gasteiger partial charge in [0, 0.05) is 55.7 Å². The summed E-state index contributed by atoms with van der Waals surface area (Å²) in [5.41, 5.74) is 4.73. The van der Waals surface area contributed by atoms with Crippen LogP contribution in [0.25, 0.3) is 0 Å².